The Balaban J connectivity index is 1.91. The number of pyridine rings is 1. The molecule has 0 fully saturated rings. The predicted octanol–water partition coefficient (Wildman–Crippen LogP) is 1.38. The maximum Gasteiger partial charge on any atom is 0.140 e. The minimum absolute atomic E-state index is 0.361. The van der Waals surface area contributed by atoms with Crippen LogP contribution in [0.15, 0.2) is 54.9 Å². The molecule has 1 aromatic carbocycles. The number of rotatable bonds is 5. The molecule has 0 amide bonds. The topological polar surface area (TPSA) is 71.2 Å². The van der Waals surface area contributed by atoms with Gasteiger partial charge >= 0.3 is 0 Å². The van der Waals surface area contributed by atoms with Gasteiger partial charge < -0.3 is 16.2 Å². The van der Waals surface area contributed by atoms with Gasteiger partial charge in [-0.05, 0) is 24.1 Å². The van der Waals surface area contributed by atoms with Crippen LogP contribution in [0.5, 0.6) is 0 Å². The van der Waals surface area contributed by atoms with Crippen molar-refractivity contribution in [3.63, 3.8) is 0 Å². The molecule has 4 nitrogen and oxygen atoms in total. The van der Waals surface area contributed by atoms with Crippen molar-refractivity contribution in [1.82, 2.24) is 4.98 Å². The maximum absolute atomic E-state index is 9.98. The van der Waals surface area contributed by atoms with E-state index in [-0.39, 0.29) is 6.04 Å². The number of nitrogens with two attached hydrogens (primary N) is 1. The van der Waals surface area contributed by atoms with Crippen LogP contribution >= 0.6 is 0 Å². The van der Waals surface area contributed by atoms with Gasteiger partial charge in [0.25, 0.3) is 0 Å². The van der Waals surface area contributed by atoms with E-state index >= 15 is 0 Å². The second-order valence-corrected chi connectivity index (χ2v) is 4.18. The van der Waals surface area contributed by atoms with E-state index in [4.69, 9.17) is 5.73 Å². The molecule has 18 heavy (non-hydrogen) atoms. The molecule has 0 saturated heterocycles. The van der Waals surface area contributed by atoms with Crippen LogP contribution in [0.25, 0.3) is 0 Å². The van der Waals surface area contributed by atoms with Crippen molar-refractivity contribution in [2.45, 2.75) is 18.7 Å². The van der Waals surface area contributed by atoms with Crippen LogP contribution in [0.1, 0.15) is 5.56 Å². The highest BCUT2D eigenvalue weighted by molar-refractivity contribution is 5.41. The Morgan fingerprint density at radius 1 is 1.11 bits per heavy atom. The van der Waals surface area contributed by atoms with E-state index < -0.39 is 6.23 Å². The van der Waals surface area contributed by atoms with Gasteiger partial charge in [-0.15, -0.1) is 0 Å². The molecule has 0 radical (unpaired) electrons. The minimum atomic E-state index is -0.785. The summed E-state index contributed by atoms with van der Waals surface area (Å²) in [5.74, 6) is 0. The Morgan fingerprint density at radius 2 is 1.78 bits per heavy atom. The number of aliphatic hydroxyl groups excluding tert-OH is 1. The molecular formula is C14H17N3O. The first-order valence-corrected chi connectivity index (χ1v) is 5.90. The van der Waals surface area contributed by atoms with Crippen LogP contribution < -0.4 is 11.1 Å². The lowest BCUT2D eigenvalue weighted by molar-refractivity contribution is 0.171. The number of hydrogen-bond acceptors (Lipinski definition) is 4. The highest BCUT2D eigenvalue weighted by Crippen LogP contribution is 2.09. The standard InChI is InChI=1S/C14H17N3O/c15-13(10-11-4-2-1-3-5-11)14(18)17-12-6-8-16-9-7-12/h1-9,13-14,18H,10,15H2,(H,16,17). The van der Waals surface area contributed by atoms with Crippen molar-refractivity contribution < 1.29 is 5.11 Å². The lowest BCUT2D eigenvalue weighted by Crippen LogP contribution is -2.41. The molecule has 1 aromatic heterocycles. The fourth-order valence-electron chi connectivity index (χ4n) is 1.72. The summed E-state index contributed by atoms with van der Waals surface area (Å²) in [6.45, 7) is 0. The second kappa shape index (κ2) is 6.14. The molecule has 4 N–H and O–H groups in total. The largest absolute Gasteiger partial charge is 0.372 e. The maximum atomic E-state index is 9.98. The number of aromatic nitrogens is 1. The number of hydrogen-bond donors (Lipinski definition) is 3. The summed E-state index contributed by atoms with van der Waals surface area (Å²) in [6.07, 6.45) is 3.17. The highest BCUT2D eigenvalue weighted by atomic mass is 16.3. The van der Waals surface area contributed by atoms with Gasteiger partial charge in [-0.2, -0.15) is 0 Å². The first kappa shape index (κ1) is 12.5. The summed E-state index contributed by atoms with van der Waals surface area (Å²) in [5, 5.41) is 12.9. The van der Waals surface area contributed by atoms with Gasteiger partial charge in [0.05, 0.1) is 6.04 Å². The number of nitrogens with zero attached hydrogens (tertiary/aromatic N) is 1. The highest BCUT2D eigenvalue weighted by Gasteiger charge is 2.14. The third kappa shape index (κ3) is 3.55. The zero-order valence-electron chi connectivity index (χ0n) is 10.0. The summed E-state index contributed by atoms with van der Waals surface area (Å²) in [6, 6.07) is 13.1. The zero-order chi connectivity index (χ0) is 12.8. The lowest BCUT2D eigenvalue weighted by Gasteiger charge is -2.21. The molecule has 94 valence electrons. The first-order chi connectivity index (χ1) is 8.75. The first-order valence-electron chi connectivity index (χ1n) is 5.90. The number of aliphatic hydroxyl groups is 1. The smallest absolute Gasteiger partial charge is 0.140 e. The van der Waals surface area contributed by atoms with E-state index in [1.54, 1.807) is 24.5 Å². The molecule has 1 heterocycles. The van der Waals surface area contributed by atoms with Crippen LogP contribution in [-0.2, 0) is 6.42 Å². The Labute approximate surface area is 106 Å². The molecule has 0 aliphatic heterocycles. The minimum Gasteiger partial charge on any atom is -0.372 e. The fraction of sp³-hybridized carbons (Fsp3) is 0.214. The van der Waals surface area contributed by atoms with Crippen molar-refractivity contribution in [2.75, 3.05) is 5.32 Å². The number of anilines is 1. The van der Waals surface area contributed by atoms with Gasteiger partial charge in [-0.1, -0.05) is 30.3 Å². The third-order valence-electron chi connectivity index (χ3n) is 2.71. The fourth-order valence-corrected chi connectivity index (χ4v) is 1.72. The van der Waals surface area contributed by atoms with Gasteiger partial charge in [-0.25, -0.2) is 0 Å². The molecule has 2 aromatic rings. The SMILES string of the molecule is NC(Cc1ccccc1)C(O)Nc1ccncc1. The van der Waals surface area contributed by atoms with Crippen LogP contribution in [0, 0.1) is 0 Å². The molecule has 2 rings (SSSR count). The van der Waals surface area contributed by atoms with E-state index in [1.165, 1.54) is 0 Å². The molecule has 2 unspecified atom stereocenters. The summed E-state index contributed by atoms with van der Waals surface area (Å²) >= 11 is 0. The molecule has 0 spiro atoms. The Morgan fingerprint density at radius 3 is 2.44 bits per heavy atom. The monoisotopic (exact) mass is 243 g/mol. The Kier molecular flexibility index (Phi) is 4.28. The summed E-state index contributed by atoms with van der Waals surface area (Å²) in [5.41, 5.74) is 7.89. The van der Waals surface area contributed by atoms with E-state index in [1.807, 2.05) is 30.3 Å². The van der Waals surface area contributed by atoms with Gasteiger partial charge in [0, 0.05) is 18.1 Å². The van der Waals surface area contributed by atoms with E-state index in [0.29, 0.717) is 6.42 Å². The van der Waals surface area contributed by atoms with Gasteiger partial charge in [0.15, 0.2) is 0 Å². The molecule has 0 aliphatic rings. The Hall–Kier alpha value is -1.91. The van der Waals surface area contributed by atoms with Crippen molar-refractivity contribution >= 4 is 5.69 Å². The molecule has 0 aliphatic carbocycles. The van der Waals surface area contributed by atoms with Crippen LogP contribution in [0.3, 0.4) is 0 Å². The van der Waals surface area contributed by atoms with Crippen molar-refractivity contribution in [3.05, 3.63) is 60.4 Å². The molecule has 2 atom stereocenters. The quantitative estimate of drug-likeness (QED) is 0.694. The van der Waals surface area contributed by atoms with E-state index in [9.17, 15) is 5.11 Å². The van der Waals surface area contributed by atoms with Crippen LogP contribution in [0.2, 0.25) is 0 Å². The van der Waals surface area contributed by atoms with Gasteiger partial charge in [0.2, 0.25) is 0 Å². The second-order valence-electron chi connectivity index (χ2n) is 4.18. The van der Waals surface area contributed by atoms with Crippen molar-refractivity contribution in [2.24, 2.45) is 5.73 Å². The van der Waals surface area contributed by atoms with Crippen LogP contribution in [0.4, 0.5) is 5.69 Å². The van der Waals surface area contributed by atoms with Crippen LogP contribution in [-0.4, -0.2) is 22.4 Å². The van der Waals surface area contributed by atoms with Gasteiger partial charge in [0.1, 0.15) is 6.23 Å². The number of nitrogens with one attached hydrogen (secondary N) is 1. The van der Waals surface area contributed by atoms with E-state index in [2.05, 4.69) is 10.3 Å². The normalized spacial score (nSPS) is 13.9. The average Bonchev–Trinajstić information content (AvgIpc) is 2.41. The summed E-state index contributed by atoms with van der Waals surface area (Å²) in [7, 11) is 0. The molecule has 0 bridgehead atoms. The summed E-state index contributed by atoms with van der Waals surface area (Å²) in [4.78, 5) is 3.91. The Bertz CT molecular complexity index is 415. The third-order valence-corrected chi connectivity index (χ3v) is 2.71. The average molecular weight is 243 g/mol. The molecule has 4 heteroatoms. The zero-order valence-corrected chi connectivity index (χ0v) is 10.0. The predicted molar refractivity (Wildman–Crippen MR) is 72.0 cm³/mol. The van der Waals surface area contributed by atoms with Crippen molar-refractivity contribution in [3.8, 4) is 0 Å². The van der Waals surface area contributed by atoms with Gasteiger partial charge in [-0.3, -0.25) is 4.98 Å². The summed E-state index contributed by atoms with van der Waals surface area (Å²) < 4.78 is 0. The molecular weight excluding hydrogens is 226 g/mol. The lowest BCUT2D eigenvalue weighted by atomic mass is 10.1. The number of benzene rings is 1. The van der Waals surface area contributed by atoms with E-state index in [0.717, 1.165) is 11.3 Å². The molecule has 0 saturated carbocycles. The van der Waals surface area contributed by atoms with Crippen molar-refractivity contribution in [1.29, 1.82) is 0 Å².